The van der Waals surface area contributed by atoms with E-state index in [0.29, 0.717) is 48.3 Å². The number of nitrogens with zero attached hydrogens (tertiary/aromatic N) is 2. The van der Waals surface area contributed by atoms with Crippen LogP contribution in [0.25, 0.3) is 11.1 Å². The average molecular weight is 1030 g/mol. The summed E-state index contributed by atoms with van der Waals surface area (Å²) in [5, 5.41) is 20.3. The Hall–Kier alpha value is -6.32. The normalized spacial score (nSPS) is 12.2. The summed E-state index contributed by atoms with van der Waals surface area (Å²) < 4.78 is 81.3. The topological polar surface area (TPSA) is 118 Å². The van der Waals surface area contributed by atoms with Crippen molar-refractivity contribution in [3.8, 4) is 34.1 Å². The minimum Gasteiger partial charge on any atom is -0.488 e. The Kier molecular flexibility index (Phi) is 19.4. The lowest BCUT2D eigenvalue weighted by molar-refractivity contribution is -0.144. The van der Waals surface area contributed by atoms with Gasteiger partial charge in [-0.15, -0.1) is 0 Å². The molecule has 2 unspecified atom stereocenters. The lowest BCUT2D eigenvalue weighted by atomic mass is 9.92. The van der Waals surface area contributed by atoms with Crippen LogP contribution in [0.4, 0.5) is 17.6 Å². The minimum atomic E-state index is -0.967. The van der Waals surface area contributed by atoms with E-state index < -0.39 is 47.3 Å². The fourth-order valence-corrected chi connectivity index (χ4v) is 9.02. The van der Waals surface area contributed by atoms with Gasteiger partial charge in [-0.2, -0.15) is 0 Å². The molecule has 0 saturated heterocycles. The molecule has 382 valence electrons. The van der Waals surface area contributed by atoms with Gasteiger partial charge in [0.05, 0.1) is 10.0 Å². The molecule has 0 aromatic heterocycles. The van der Waals surface area contributed by atoms with E-state index in [1.165, 1.54) is 24.3 Å². The molecule has 2 N–H and O–H groups in total. The van der Waals surface area contributed by atoms with Gasteiger partial charge >= 0.3 is 11.9 Å². The van der Waals surface area contributed by atoms with E-state index in [9.17, 15) is 37.4 Å². The van der Waals surface area contributed by atoms with Crippen LogP contribution in [0.1, 0.15) is 84.0 Å². The second kappa shape index (κ2) is 25.4. The summed E-state index contributed by atoms with van der Waals surface area (Å²) in [5.41, 5.74) is 7.06. The number of carboxylic acid groups (broad SMARTS) is 2. The van der Waals surface area contributed by atoms with Gasteiger partial charge in [0.15, 0.2) is 0 Å². The Morgan fingerprint density at radius 3 is 1.19 bits per heavy atom. The second-order valence-corrected chi connectivity index (χ2v) is 18.6. The van der Waals surface area contributed by atoms with Crippen LogP contribution < -0.4 is 18.9 Å². The first-order chi connectivity index (χ1) is 34.3. The zero-order chi connectivity index (χ0) is 52.2. The third kappa shape index (κ3) is 14.4. The van der Waals surface area contributed by atoms with Crippen molar-refractivity contribution in [1.82, 2.24) is 9.80 Å². The molecular weight excluding hydrogens is 976 g/mol. The van der Waals surface area contributed by atoms with Crippen molar-refractivity contribution in [2.24, 2.45) is 0 Å². The van der Waals surface area contributed by atoms with Crippen molar-refractivity contribution in [3.05, 3.63) is 175 Å². The minimum absolute atomic E-state index is 0.102. The van der Waals surface area contributed by atoms with E-state index in [1.807, 2.05) is 64.1 Å². The molecule has 6 rings (SSSR count). The number of carboxylic acids is 2. The molecule has 6 aromatic carbocycles. The molecule has 0 radical (unpaired) electrons. The monoisotopic (exact) mass is 1030 g/mol. The summed E-state index contributed by atoms with van der Waals surface area (Å²) in [6, 6.07) is 22.9. The van der Waals surface area contributed by atoms with Gasteiger partial charge in [-0.3, -0.25) is 19.4 Å². The molecule has 6 aromatic rings. The molecule has 2 atom stereocenters. The van der Waals surface area contributed by atoms with Crippen molar-refractivity contribution in [2.45, 2.75) is 105 Å². The molecule has 16 heteroatoms. The maximum atomic E-state index is 14.1. The molecular formula is C56H58Cl2F4N2O8. The first-order valence-electron chi connectivity index (χ1n) is 23.4. The summed E-state index contributed by atoms with van der Waals surface area (Å²) in [6.45, 7) is 7.92. The number of likely N-dealkylation sites (N-methyl/N-ethyl adjacent to an activating group) is 2. The number of hydrogen-bond donors (Lipinski definition) is 2. The van der Waals surface area contributed by atoms with Crippen LogP contribution in [0.15, 0.2) is 97.1 Å². The Labute approximate surface area is 427 Å². The van der Waals surface area contributed by atoms with Gasteiger partial charge in [0.1, 0.15) is 84.8 Å². The van der Waals surface area contributed by atoms with Crippen LogP contribution in [-0.4, -0.2) is 58.1 Å². The van der Waals surface area contributed by atoms with Crippen LogP contribution in [0, 0.1) is 37.1 Å². The van der Waals surface area contributed by atoms with Crippen molar-refractivity contribution in [1.29, 1.82) is 0 Å². The van der Waals surface area contributed by atoms with E-state index >= 15 is 0 Å². The lowest BCUT2D eigenvalue weighted by Crippen LogP contribution is -2.37. The van der Waals surface area contributed by atoms with Crippen LogP contribution in [-0.2, 0) is 49.1 Å². The number of benzene rings is 6. The summed E-state index contributed by atoms with van der Waals surface area (Å²) >= 11 is 13.7. The number of ether oxygens (including phenoxy) is 4. The Balaban J connectivity index is 1.23. The standard InChI is InChI=1S/C56H58Cl2F4N2O8/c1-7-11-49(55(65)66)63(5)27-39-21-47(57)53(25-51(39)69-29-35-17-41(59)23-42(60)18-35)71-31-37-13-9-15-45(33(37)3)46-16-10-14-38(34(46)4)32-72-54-26-52(70-30-36-19-43(61)24-44(62)20-36)40(22-48(54)58)28-64(6)50(12-8-2)56(67)68/h9-10,13-26,49-50H,7-8,11-12,27-32H2,1-6H3,(H,65,66)(H,67,68). The van der Waals surface area contributed by atoms with Crippen LogP contribution in [0.3, 0.4) is 0 Å². The maximum Gasteiger partial charge on any atom is 0.320 e. The number of halogens is 6. The number of carbonyl (C=O) groups is 2. The first kappa shape index (κ1) is 55.0. The van der Waals surface area contributed by atoms with E-state index in [-0.39, 0.29) is 72.2 Å². The largest absolute Gasteiger partial charge is 0.488 e. The molecule has 0 aliphatic carbocycles. The summed E-state index contributed by atoms with van der Waals surface area (Å²) in [4.78, 5) is 27.6. The molecule has 0 fully saturated rings. The zero-order valence-corrected chi connectivity index (χ0v) is 42.5. The van der Waals surface area contributed by atoms with E-state index in [2.05, 4.69) is 0 Å². The fraction of sp³-hybridized carbons (Fsp3) is 0.321. The SMILES string of the molecule is CCCC(C(=O)O)N(C)Cc1cc(Cl)c(OCc2cccc(-c3cccc(COc4cc(OCc5cc(F)cc(F)c5)c(CN(C)C(CCC)C(=O)O)cc4Cl)c3C)c2C)cc1OCc1cc(F)cc(F)c1. The molecule has 0 aliphatic rings. The lowest BCUT2D eigenvalue weighted by Gasteiger charge is -2.26. The summed E-state index contributed by atoms with van der Waals surface area (Å²) in [6.07, 6.45) is 2.14. The predicted octanol–water partition coefficient (Wildman–Crippen LogP) is 13.5. The van der Waals surface area contributed by atoms with Crippen LogP contribution >= 0.6 is 23.2 Å². The molecule has 0 bridgehead atoms. The third-order valence-electron chi connectivity index (χ3n) is 12.4. The first-order valence-corrected chi connectivity index (χ1v) is 24.2. The molecule has 0 saturated carbocycles. The number of hydrogen-bond acceptors (Lipinski definition) is 8. The van der Waals surface area contributed by atoms with Gasteiger partial charge in [0, 0.05) is 48.5 Å². The summed E-state index contributed by atoms with van der Waals surface area (Å²) in [7, 11) is 3.39. The molecule has 10 nitrogen and oxygen atoms in total. The van der Waals surface area contributed by atoms with Gasteiger partial charge in [-0.25, -0.2) is 17.6 Å². The molecule has 0 aliphatic heterocycles. The Morgan fingerprint density at radius 1 is 0.514 bits per heavy atom. The van der Waals surface area contributed by atoms with Crippen molar-refractivity contribution < 1.29 is 56.3 Å². The van der Waals surface area contributed by atoms with Crippen molar-refractivity contribution >= 4 is 35.1 Å². The highest BCUT2D eigenvalue weighted by atomic mass is 35.5. The fourth-order valence-electron chi connectivity index (χ4n) is 8.54. The van der Waals surface area contributed by atoms with E-state index in [1.54, 1.807) is 48.2 Å². The Bertz CT molecular complexity index is 2650. The highest BCUT2D eigenvalue weighted by Gasteiger charge is 2.26. The molecule has 0 spiro atoms. The quantitative estimate of drug-likeness (QED) is 0.0537. The van der Waals surface area contributed by atoms with Crippen molar-refractivity contribution in [2.75, 3.05) is 14.1 Å². The highest BCUT2D eigenvalue weighted by Crippen LogP contribution is 2.38. The zero-order valence-electron chi connectivity index (χ0n) is 41.0. The molecule has 0 amide bonds. The third-order valence-corrected chi connectivity index (χ3v) is 13.0. The predicted molar refractivity (Wildman–Crippen MR) is 270 cm³/mol. The number of aliphatic carboxylic acids is 2. The van der Waals surface area contributed by atoms with E-state index in [0.717, 1.165) is 45.5 Å². The Morgan fingerprint density at radius 2 is 0.861 bits per heavy atom. The van der Waals surface area contributed by atoms with Gasteiger partial charge < -0.3 is 29.2 Å². The summed E-state index contributed by atoms with van der Waals surface area (Å²) in [5.74, 6) is -3.77. The average Bonchev–Trinajstić information content (AvgIpc) is 3.31. The molecule has 72 heavy (non-hydrogen) atoms. The van der Waals surface area contributed by atoms with E-state index in [4.69, 9.17) is 42.1 Å². The van der Waals surface area contributed by atoms with Gasteiger partial charge in [0.2, 0.25) is 0 Å². The smallest absolute Gasteiger partial charge is 0.320 e. The van der Waals surface area contributed by atoms with Crippen LogP contribution in [0.2, 0.25) is 10.0 Å². The second-order valence-electron chi connectivity index (χ2n) is 17.8. The highest BCUT2D eigenvalue weighted by molar-refractivity contribution is 6.32. The molecule has 0 heterocycles. The number of rotatable bonds is 25. The van der Waals surface area contributed by atoms with Gasteiger partial charge in [0.25, 0.3) is 0 Å². The van der Waals surface area contributed by atoms with Crippen LogP contribution in [0.5, 0.6) is 23.0 Å². The van der Waals surface area contributed by atoms with Gasteiger partial charge in [-0.05, 0) is 122 Å². The maximum absolute atomic E-state index is 14.1. The van der Waals surface area contributed by atoms with Crippen molar-refractivity contribution in [3.63, 3.8) is 0 Å². The van der Waals surface area contributed by atoms with Gasteiger partial charge in [-0.1, -0.05) is 86.3 Å².